The highest BCUT2D eigenvalue weighted by Crippen LogP contribution is 2.29. The Kier molecular flexibility index (Phi) is 3.95. The van der Waals surface area contributed by atoms with Crippen molar-refractivity contribution < 1.29 is 0 Å². The Labute approximate surface area is 143 Å². The highest BCUT2D eigenvalue weighted by molar-refractivity contribution is 9.10. The summed E-state index contributed by atoms with van der Waals surface area (Å²) >= 11 is 3.54. The van der Waals surface area contributed by atoms with Gasteiger partial charge in [-0.05, 0) is 72.3 Å². The standard InChI is InChI=1S/C19H19BrN2O/c20-15-3-4-16-13(6-10-22-8-1-2-9-22)11-14-5-7-21-19(23)18(14)17(16)12-15/h3-5,7,11-12H,1-2,6,8-10H2,(H,21,23). The van der Waals surface area contributed by atoms with Crippen molar-refractivity contribution in [2.45, 2.75) is 19.3 Å². The first-order valence-electron chi connectivity index (χ1n) is 8.17. The van der Waals surface area contributed by atoms with Crippen molar-refractivity contribution in [1.82, 2.24) is 9.88 Å². The second-order valence-corrected chi connectivity index (χ2v) is 7.21. The maximum Gasteiger partial charge on any atom is 0.256 e. The van der Waals surface area contributed by atoms with Gasteiger partial charge in [-0.15, -0.1) is 0 Å². The predicted octanol–water partition coefficient (Wildman–Crippen LogP) is 4.08. The molecule has 0 aliphatic carbocycles. The lowest BCUT2D eigenvalue weighted by molar-refractivity contribution is 0.344. The molecule has 1 N–H and O–H groups in total. The Morgan fingerprint density at radius 3 is 2.74 bits per heavy atom. The Bertz CT molecular complexity index is 926. The number of aromatic amines is 1. The molecule has 1 fully saturated rings. The molecule has 23 heavy (non-hydrogen) atoms. The van der Waals surface area contributed by atoms with Gasteiger partial charge in [0.15, 0.2) is 0 Å². The van der Waals surface area contributed by atoms with Crippen LogP contribution in [0.2, 0.25) is 0 Å². The number of hydrogen-bond acceptors (Lipinski definition) is 2. The third kappa shape index (κ3) is 2.81. The fourth-order valence-corrected chi connectivity index (χ4v) is 4.01. The Hall–Kier alpha value is -1.65. The van der Waals surface area contributed by atoms with E-state index < -0.39 is 0 Å². The van der Waals surface area contributed by atoms with E-state index in [4.69, 9.17) is 0 Å². The first-order valence-corrected chi connectivity index (χ1v) is 8.96. The minimum atomic E-state index is -0.0170. The molecular formula is C19H19BrN2O. The average molecular weight is 371 g/mol. The summed E-state index contributed by atoms with van der Waals surface area (Å²) < 4.78 is 1.01. The Morgan fingerprint density at radius 1 is 1.09 bits per heavy atom. The molecule has 0 spiro atoms. The van der Waals surface area contributed by atoms with E-state index in [2.05, 4.69) is 50.1 Å². The van der Waals surface area contributed by atoms with E-state index in [0.717, 1.165) is 33.6 Å². The number of nitrogens with one attached hydrogen (secondary N) is 1. The maximum atomic E-state index is 12.3. The Balaban J connectivity index is 1.86. The molecule has 0 bridgehead atoms. The molecule has 4 rings (SSSR count). The van der Waals surface area contributed by atoms with Gasteiger partial charge in [-0.25, -0.2) is 0 Å². The van der Waals surface area contributed by atoms with Crippen molar-refractivity contribution in [3.8, 4) is 0 Å². The molecule has 1 aromatic heterocycles. The van der Waals surface area contributed by atoms with E-state index in [1.807, 2.05) is 6.07 Å². The molecule has 2 aromatic carbocycles. The predicted molar refractivity (Wildman–Crippen MR) is 99.2 cm³/mol. The van der Waals surface area contributed by atoms with Gasteiger partial charge >= 0.3 is 0 Å². The van der Waals surface area contributed by atoms with Crippen LogP contribution in [0.25, 0.3) is 21.5 Å². The first kappa shape index (κ1) is 14.9. The molecule has 3 aromatic rings. The number of likely N-dealkylation sites (tertiary alicyclic amines) is 1. The van der Waals surface area contributed by atoms with Crippen LogP contribution in [-0.4, -0.2) is 29.5 Å². The SMILES string of the molecule is O=c1[nH]ccc2cc(CCN3CCCC3)c3ccc(Br)cc3c12. The maximum absolute atomic E-state index is 12.3. The topological polar surface area (TPSA) is 36.1 Å². The number of fused-ring (bicyclic) bond motifs is 3. The van der Waals surface area contributed by atoms with Gasteiger partial charge in [0, 0.05) is 17.2 Å². The molecular weight excluding hydrogens is 352 g/mol. The van der Waals surface area contributed by atoms with E-state index in [1.54, 1.807) is 6.20 Å². The minimum absolute atomic E-state index is 0.0170. The van der Waals surface area contributed by atoms with Crippen molar-refractivity contribution in [3.63, 3.8) is 0 Å². The number of nitrogens with zero attached hydrogens (tertiary/aromatic N) is 1. The normalized spacial score (nSPS) is 15.7. The lowest BCUT2D eigenvalue weighted by Gasteiger charge is -2.16. The van der Waals surface area contributed by atoms with E-state index in [1.165, 1.54) is 36.9 Å². The molecule has 0 atom stereocenters. The largest absolute Gasteiger partial charge is 0.329 e. The first-order chi connectivity index (χ1) is 11.2. The Morgan fingerprint density at radius 2 is 1.91 bits per heavy atom. The number of halogens is 1. The van der Waals surface area contributed by atoms with E-state index in [-0.39, 0.29) is 5.56 Å². The molecule has 1 saturated heterocycles. The van der Waals surface area contributed by atoms with Gasteiger partial charge < -0.3 is 9.88 Å². The number of aromatic nitrogens is 1. The molecule has 1 aliphatic rings. The van der Waals surface area contributed by atoms with Crippen LogP contribution in [0.4, 0.5) is 0 Å². The van der Waals surface area contributed by atoms with Crippen molar-refractivity contribution in [1.29, 1.82) is 0 Å². The lowest BCUT2D eigenvalue weighted by Crippen LogP contribution is -2.22. The number of hydrogen-bond donors (Lipinski definition) is 1. The number of H-pyrrole nitrogens is 1. The van der Waals surface area contributed by atoms with Crippen LogP contribution in [0.1, 0.15) is 18.4 Å². The van der Waals surface area contributed by atoms with Crippen LogP contribution in [0.5, 0.6) is 0 Å². The summed E-state index contributed by atoms with van der Waals surface area (Å²) in [6.07, 6.45) is 5.40. The molecule has 118 valence electrons. The van der Waals surface area contributed by atoms with Gasteiger partial charge in [0.1, 0.15) is 0 Å². The fraction of sp³-hybridized carbons (Fsp3) is 0.316. The van der Waals surface area contributed by atoms with Gasteiger partial charge in [0.25, 0.3) is 5.56 Å². The zero-order valence-corrected chi connectivity index (χ0v) is 14.5. The van der Waals surface area contributed by atoms with Crippen LogP contribution in [0, 0.1) is 0 Å². The van der Waals surface area contributed by atoms with Crippen LogP contribution < -0.4 is 5.56 Å². The summed E-state index contributed by atoms with van der Waals surface area (Å²) in [5.74, 6) is 0. The molecule has 1 aliphatic heterocycles. The van der Waals surface area contributed by atoms with Crippen molar-refractivity contribution in [3.05, 3.63) is 56.9 Å². The van der Waals surface area contributed by atoms with E-state index in [9.17, 15) is 4.79 Å². The zero-order valence-electron chi connectivity index (χ0n) is 12.9. The molecule has 0 radical (unpaired) electrons. The van der Waals surface area contributed by atoms with E-state index >= 15 is 0 Å². The molecule has 2 heterocycles. The molecule has 0 saturated carbocycles. The van der Waals surface area contributed by atoms with E-state index in [0.29, 0.717) is 0 Å². The quantitative estimate of drug-likeness (QED) is 0.705. The monoisotopic (exact) mass is 370 g/mol. The van der Waals surface area contributed by atoms with Gasteiger partial charge in [-0.1, -0.05) is 28.1 Å². The number of rotatable bonds is 3. The minimum Gasteiger partial charge on any atom is -0.329 e. The third-order valence-electron chi connectivity index (χ3n) is 4.82. The van der Waals surface area contributed by atoms with Gasteiger partial charge in [0.05, 0.1) is 5.39 Å². The highest BCUT2D eigenvalue weighted by atomic mass is 79.9. The van der Waals surface area contributed by atoms with Gasteiger partial charge in [-0.2, -0.15) is 0 Å². The van der Waals surface area contributed by atoms with Gasteiger partial charge in [0.2, 0.25) is 0 Å². The van der Waals surface area contributed by atoms with Crippen molar-refractivity contribution in [2.24, 2.45) is 0 Å². The zero-order chi connectivity index (χ0) is 15.8. The van der Waals surface area contributed by atoms with Crippen molar-refractivity contribution in [2.75, 3.05) is 19.6 Å². The highest BCUT2D eigenvalue weighted by Gasteiger charge is 2.14. The number of benzene rings is 2. The number of pyridine rings is 1. The average Bonchev–Trinajstić information content (AvgIpc) is 3.05. The smallest absolute Gasteiger partial charge is 0.256 e. The molecule has 4 heteroatoms. The lowest BCUT2D eigenvalue weighted by atomic mass is 9.96. The molecule has 0 amide bonds. The summed E-state index contributed by atoms with van der Waals surface area (Å²) in [7, 11) is 0. The third-order valence-corrected chi connectivity index (χ3v) is 5.31. The molecule has 3 nitrogen and oxygen atoms in total. The molecule has 0 unspecified atom stereocenters. The summed E-state index contributed by atoms with van der Waals surface area (Å²) in [4.78, 5) is 17.6. The summed E-state index contributed by atoms with van der Waals surface area (Å²) in [6.45, 7) is 3.54. The van der Waals surface area contributed by atoms with Crippen LogP contribution >= 0.6 is 15.9 Å². The van der Waals surface area contributed by atoms with Crippen LogP contribution in [0.15, 0.2) is 45.8 Å². The summed E-state index contributed by atoms with van der Waals surface area (Å²) in [6, 6.07) is 10.4. The van der Waals surface area contributed by atoms with Crippen LogP contribution in [-0.2, 0) is 6.42 Å². The second-order valence-electron chi connectivity index (χ2n) is 6.30. The summed E-state index contributed by atoms with van der Waals surface area (Å²) in [5.41, 5.74) is 1.31. The van der Waals surface area contributed by atoms with Crippen molar-refractivity contribution >= 4 is 37.5 Å². The fourth-order valence-electron chi connectivity index (χ4n) is 3.65. The second kappa shape index (κ2) is 6.10. The summed E-state index contributed by atoms with van der Waals surface area (Å²) in [5, 5.41) is 4.04. The van der Waals surface area contributed by atoms with Gasteiger partial charge in [-0.3, -0.25) is 4.79 Å². The van der Waals surface area contributed by atoms with Crippen LogP contribution in [0.3, 0.4) is 0 Å².